The predicted octanol–water partition coefficient (Wildman–Crippen LogP) is 2.76. The minimum atomic E-state index is -0.787. The number of anilines is 1. The molecule has 2 bridgehead atoms. The van der Waals surface area contributed by atoms with Gasteiger partial charge in [-0.3, -0.25) is 9.59 Å². The summed E-state index contributed by atoms with van der Waals surface area (Å²) in [5.74, 6) is -0.882. The zero-order valence-corrected chi connectivity index (χ0v) is 16.4. The molecule has 3 aromatic heterocycles. The SMILES string of the molecule is Cn1cc(NC2[C@H]3CC[C@H](CC3)[C@@H]2C(=O)O)nc(-c2c[nH]c3ncc(F)cc23)c1=O. The number of aliphatic carboxylic acids is 1. The van der Waals surface area contributed by atoms with Gasteiger partial charge in [-0.15, -0.1) is 0 Å². The Labute approximate surface area is 171 Å². The standard InChI is InChI=1S/C21H22FN5O3/c1-27-9-15(25-17-11-4-2-10(3-5-11)16(17)21(29)30)26-18(20(27)28)14-8-24-19-13(14)6-12(22)7-23-19/h6-11,16-17,25H,2-5H2,1H3,(H,23,24)(H,29,30)/t10-,11+,16-,17?/m0/s1. The maximum absolute atomic E-state index is 13.7. The number of aryl methyl sites for hydroxylation is 1. The first-order valence-corrected chi connectivity index (χ1v) is 10.1. The summed E-state index contributed by atoms with van der Waals surface area (Å²) in [4.78, 5) is 36.2. The third-order valence-corrected chi connectivity index (χ3v) is 6.64. The van der Waals surface area contributed by atoms with Crippen LogP contribution in [0.1, 0.15) is 25.7 Å². The summed E-state index contributed by atoms with van der Waals surface area (Å²) in [5, 5.41) is 13.6. The predicted molar refractivity (Wildman–Crippen MR) is 109 cm³/mol. The van der Waals surface area contributed by atoms with Crippen molar-refractivity contribution >= 4 is 22.8 Å². The van der Waals surface area contributed by atoms with E-state index in [4.69, 9.17) is 0 Å². The molecule has 3 aliphatic carbocycles. The fourth-order valence-corrected chi connectivity index (χ4v) is 5.21. The molecule has 0 saturated heterocycles. The van der Waals surface area contributed by atoms with Gasteiger partial charge in [-0.2, -0.15) is 0 Å². The van der Waals surface area contributed by atoms with Gasteiger partial charge in [0.2, 0.25) is 0 Å². The Kier molecular flexibility index (Phi) is 4.34. The molecule has 0 spiro atoms. The van der Waals surface area contributed by atoms with E-state index >= 15 is 0 Å². The molecule has 3 heterocycles. The van der Waals surface area contributed by atoms with Crippen LogP contribution in [0.4, 0.5) is 10.2 Å². The molecular weight excluding hydrogens is 389 g/mol. The number of H-pyrrole nitrogens is 1. The molecule has 9 heteroatoms. The van der Waals surface area contributed by atoms with Crippen molar-refractivity contribution in [2.24, 2.45) is 24.8 Å². The van der Waals surface area contributed by atoms with Gasteiger partial charge < -0.3 is 20.0 Å². The fourth-order valence-electron chi connectivity index (χ4n) is 5.21. The molecule has 0 amide bonds. The average molecular weight is 411 g/mol. The first-order valence-electron chi connectivity index (χ1n) is 10.1. The second-order valence-corrected chi connectivity index (χ2v) is 8.35. The van der Waals surface area contributed by atoms with Crippen LogP contribution in [0.25, 0.3) is 22.3 Å². The highest BCUT2D eigenvalue weighted by Crippen LogP contribution is 2.46. The van der Waals surface area contributed by atoms with Gasteiger partial charge in [-0.1, -0.05) is 0 Å². The van der Waals surface area contributed by atoms with Gasteiger partial charge in [0.15, 0.2) is 0 Å². The number of rotatable bonds is 4. The van der Waals surface area contributed by atoms with E-state index < -0.39 is 17.7 Å². The molecule has 156 valence electrons. The number of carboxylic acids is 1. The van der Waals surface area contributed by atoms with Crippen LogP contribution in [0.3, 0.4) is 0 Å². The molecule has 30 heavy (non-hydrogen) atoms. The summed E-state index contributed by atoms with van der Waals surface area (Å²) >= 11 is 0. The minimum absolute atomic E-state index is 0.161. The molecule has 6 rings (SSSR count). The number of halogens is 1. The highest BCUT2D eigenvalue weighted by molar-refractivity contribution is 5.92. The van der Waals surface area contributed by atoms with E-state index in [0.29, 0.717) is 22.4 Å². The molecule has 3 aliphatic rings. The van der Waals surface area contributed by atoms with Crippen LogP contribution >= 0.6 is 0 Å². The fraction of sp³-hybridized carbons (Fsp3) is 0.429. The lowest BCUT2D eigenvalue weighted by Crippen LogP contribution is -2.51. The van der Waals surface area contributed by atoms with Crippen molar-refractivity contribution in [3.05, 3.63) is 40.8 Å². The number of hydrogen-bond acceptors (Lipinski definition) is 5. The number of carbonyl (C=O) groups is 1. The summed E-state index contributed by atoms with van der Waals surface area (Å²) in [6, 6.07) is 1.09. The topological polar surface area (TPSA) is 113 Å². The van der Waals surface area contributed by atoms with Crippen LogP contribution in [0.5, 0.6) is 0 Å². The zero-order valence-electron chi connectivity index (χ0n) is 16.4. The van der Waals surface area contributed by atoms with Crippen molar-refractivity contribution in [1.82, 2.24) is 19.5 Å². The number of pyridine rings is 1. The lowest BCUT2D eigenvalue weighted by molar-refractivity contribution is -0.148. The quantitative estimate of drug-likeness (QED) is 0.609. The Bertz CT molecular complexity index is 1200. The Morgan fingerprint density at radius 2 is 2.03 bits per heavy atom. The van der Waals surface area contributed by atoms with Crippen LogP contribution in [0.15, 0.2) is 29.5 Å². The largest absolute Gasteiger partial charge is 0.481 e. The molecule has 2 atom stereocenters. The van der Waals surface area contributed by atoms with E-state index in [2.05, 4.69) is 20.3 Å². The van der Waals surface area contributed by atoms with Crippen LogP contribution in [-0.4, -0.2) is 36.6 Å². The second-order valence-electron chi connectivity index (χ2n) is 8.35. The van der Waals surface area contributed by atoms with E-state index in [1.807, 2.05) is 0 Å². The third kappa shape index (κ3) is 2.96. The summed E-state index contributed by atoms with van der Waals surface area (Å²) in [7, 11) is 1.62. The van der Waals surface area contributed by atoms with E-state index in [-0.39, 0.29) is 29.1 Å². The van der Waals surface area contributed by atoms with E-state index in [1.165, 1.54) is 10.6 Å². The van der Waals surface area contributed by atoms with Crippen LogP contribution < -0.4 is 10.9 Å². The first-order chi connectivity index (χ1) is 14.4. The first kappa shape index (κ1) is 18.8. The number of nitrogens with one attached hydrogen (secondary N) is 2. The van der Waals surface area contributed by atoms with Gasteiger partial charge in [0, 0.05) is 36.4 Å². The Hall–Kier alpha value is -3.23. The van der Waals surface area contributed by atoms with Gasteiger partial charge in [0.25, 0.3) is 5.56 Å². The monoisotopic (exact) mass is 411 g/mol. The maximum atomic E-state index is 13.7. The van der Waals surface area contributed by atoms with E-state index in [1.54, 1.807) is 19.4 Å². The van der Waals surface area contributed by atoms with Gasteiger partial charge in [0.1, 0.15) is 23.0 Å². The summed E-state index contributed by atoms with van der Waals surface area (Å²) in [6.45, 7) is 0. The van der Waals surface area contributed by atoms with Gasteiger partial charge in [0.05, 0.1) is 12.1 Å². The Morgan fingerprint density at radius 1 is 1.30 bits per heavy atom. The van der Waals surface area contributed by atoms with E-state index in [9.17, 15) is 19.1 Å². The molecule has 3 aromatic rings. The summed E-state index contributed by atoms with van der Waals surface area (Å²) < 4.78 is 15.1. The van der Waals surface area contributed by atoms with Crippen molar-refractivity contribution in [3.8, 4) is 11.3 Å². The number of aromatic amines is 1. The van der Waals surface area contributed by atoms with Crippen molar-refractivity contribution in [2.45, 2.75) is 31.7 Å². The molecular formula is C21H22FN5O3. The van der Waals surface area contributed by atoms with Crippen LogP contribution in [0.2, 0.25) is 0 Å². The highest BCUT2D eigenvalue weighted by Gasteiger charge is 2.47. The molecule has 3 saturated carbocycles. The molecule has 0 radical (unpaired) electrons. The second kappa shape index (κ2) is 6.93. The van der Waals surface area contributed by atoms with E-state index in [0.717, 1.165) is 31.9 Å². The lowest BCUT2D eigenvalue weighted by atomic mass is 9.61. The van der Waals surface area contributed by atoms with Crippen molar-refractivity contribution in [3.63, 3.8) is 0 Å². The molecule has 1 unspecified atom stereocenters. The third-order valence-electron chi connectivity index (χ3n) is 6.64. The van der Waals surface area contributed by atoms with Gasteiger partial charge >= 0.3 is 5.97 Å². The highest BCUT2D eigenvalue weighted by atomic mass is 19.1. The number of fused-ring (bicyclic) bond motifs is 4. The van der Waals surface area contributed by atoms with Crippen LogP contribution in [0, 0.1) is 23.6 Å². The van der Waals surface area contributed by atoms with Crippen molar-refractivity contribution < 1.29 is 14.3 Å². The molecule has 3 N–H and O–H groups in total. The number of hydrogen-bond donors (Lipinski definition) is 3. The Morgan fingerprint density at radius 3 is 2.77 bits per heavy atom. The van der Waals surface area contributed by atoms with Crippen LogP contribution in [-0.2, 0) is 11.8 Å². The molecule has 3 fully saturated rings. The minimum Gasteiger partial charge on any atom is -0.481 e. The molecule has 8 nitrogen and oxygen atoms in total. The van der Waals surface area contributed by atoms with Crippen molar-refractivity contribution in [2.75, 3.05) is 5.32 Å². The zero-order chi connectivity index (χ0) is 21.0. The maximum Gasteiger partial charge on any atom is 0.308 e. The lowest BCUT2D eigenvalue weighted by Gasteiger charge is -2.47. The molecule has 0 aromatic carbocycles. The molecule has 0 aliphatic heterocycles. The number of carboxylic acid groups (broad SMARTS) is 1. The number of nitrogens with zero attached hydrogens (tertiary/aromatic N) is 3. The summed E-state index contributed by atoms with van der Waals surface area (Å²) in [6.07, 6.45) is 8.17. The van der Waals surface area contributed by atoms with Gasteiger partial charge in [-0.25, -0.2) is 14.4 Å². The Balaban J connectivity index is 1.56. The summed E-state index contributed by atoms with van der Waals surface area (Å²) in [5.41, 5.74) is 0.755. The number of aromatic nitrogens is 4. The van der Waals surface area contributed by atoms with Crippen molar-refractivity contribution in [1.29, 1.82) is 0 Å². The average Bonchev–Trinajstić information content (AvgIpc) is 3.14. The smallest absolute Gasteiger partial charge is 0.308 e. The van der Waals surface area contributed by atoms with Gasteiger partial charge in [-0.05, 0) is 43.6 Å². The normalized spacial score (nSPS) is 25.5.